The predicted molar refractivity (Wildman–Crippen MR) is 47.1 cm³/mol. The summed E-state index contributed by atoms with van der Waals surface area (Å²) < 4.78 is 21.0. The molecule has 0 aromatic rings. The van der Waals surface area contributed by atoms with Gasteiger partial charge in [0.05, 0.1) is 0 Å². The second kappa shape index (κ2) is 2.66. The standard InChI is InChI=1S/C4H7Br2NO3S/c5-4(6)3(8)2(7)1-11(4,9)10/h2-3,8H,1,7H2/p+1/t2-,3-/m1/s1. The second-order valence-corrected chi connectivity index (χ2v) is 9.37. The molecule has 1 fully saturated rings. The van der Waals surface area contributed by atoms with E-state index in [9.17, 15) is 13.5 Å². The first kappa shape index (κ1) is 9.91. The van der Waals surface area contributed by atoms with Crippen molar-refractivity contribution in [1.82, 2.24) is 0 Å². The summed E-state index contributed by atoms with van der Waals surface area (Å²) in [5.74, 6) is -0.0926. The minimum absolute atomic E-state index is 0.0926. The van der Waals surface area contributed by atoms with Crippen molar-refractivity contribution in [3.8, 4) is 0 Å². The molecule has 1 rings (SSSR count). The maximum atomic E-state index is 11.2. The molecule has 4 N–H and O–H groups in total. The van der Waals surface area contributed by atoms with Gasteiger partial charge in [0.15, 0.2) is 9.84 Å². The highest BCUT2D eigenvalue weighted by molar-refractivity contribution is 9.28. The summed E-state index contributed by atoms with van der Waals surface area (Å²) in [6.07, 6.45) is -0.993. The van der Waals surface area contributed by atoms with E-state index in [4.69, 9.17) is 0 Å². The highest BCUT2D eigenvalue weighted by Gasteiger charge is 2.57. The Morgan fingerprint density at radius 2 is 2.00 bits per heavy atom. The zero-order valence-corrected chi connectivity index (χ0v) is 9.49. The first-order chi connectivity index (χ1) is 4.79. The Hall–Kier alpha value is 0.830. The van der Waals surface area contributed by atoms with Crippen LogP contribution in [0.15, 0.2) is 0 Å². The molecule has 0 spiro atoms. The normalized spacial score (nSPS) is 40.7. The monoisotopic (exact) mass is 308 g/mol. The molecular formula is C4H8Br2NO3S+. The SMILES string of the molecule is [NH3+][C@@H]1CS(=O)(=O)C(Br)(Br)[C@@H]1O. The van der Waals surface area contributed by atoms with Gasteiger partial charge in [0.1, 0.15) is 17.9 Å². The van der Waals surface area contributed by atoms with Crippen LogP contribution in [0.2, 0.25) is 0 Å². The zero-order valence-electron chi connectivity index (χ0n) is 5.50. The Kier molecular flexibility index (Phi) is 2.40. The van der Waals surface area contributed by atoms with E-state index in [-0.39, 0.29) is 5.75 Å². The van der Waals surface area contributed by atoms with Gasteiger partial charge in [-0.3, -0.25) is 0 Å². The van der Waals surface area contributed by atoms with Crippen LogP contribution < -0.4 is 5.73 Å². The van der Waals surface area contributed by atoms with Gasteiger partial charge in [-0.25, -0.2) is 8.42 Å². The molecule has 0 aromatic heterocycles. The third-order valence-electron chi connectivity index (χ3n) is 1.64. The fourth-order valence-electron chi connectivity index (χ4n) is 0.942. The number of quaternary nitrogens is 1. The first-order valence-corrected chi connectivity index (χ1v) is 6.14. The van der Waals surface area contributed by atoms with Crippen molar-refractivity contribution in [2.24, 2.45) is 0 Å². The number of alkyl halides is 2. The molecule has 0 radical (unpaired) electrons. The van der Waals surface area contributed by atoms with E-state index in [0.29, 0.717) is 0 Å². The molecule has 0 aromatic carbocycles. The third-order valence-corrected chi connectivity index (χ3v) is 7.47. The number of hydrogen-bond donors (Lipinski definition) is 2. The minimum atomic E-state index is -3.30. The van der Waals surface area contributed by atoms with Crippen molar-refractivity contribution >= 4 is 41.7 Å². The fraction of sp³-hybridized carbons (Fsp3) is 1.00. The molecule has 0 unspecified atom stereocenters. The van der Waals surface area contributed by atoms with Gasteiger partial charge in [0.2, 0.25) is 2.57 Å². The Morgan fingerprint density at radius 1 is 1.55 bits per heavy atom. The van der Waals surface area contributed by atoms with Crippen LogP contribution in [0.4, 0.5) is 0 Å². The van der Waals surface area contributed by atoms with Crippen LogP contribution >= 0.6 is 31.9 Å². The van der Waals surface area contributed by atoms with E-state index in [1.807, 2.05) is 0 Å². The molecule has 2 atom stereocenters. The molecule has 11 heavy (non-hydrogen) atoms. The topological polar surface area (TPSA) is 82.0 Å². The highest BCUT2D eigenvalue weighted by Crippen LogP contribution is 2.42. The molecule has 0 bridgehead atoms. The predicted octanol–water partition coefficient (Wildman–Crippen LogP) is -1.17. The molecule has 0 amide bonds. The van der Waals surface area contributed by atoms with E-state index in [1.165, 1.54) is 0 Å². The summed E-state index contributed by atoms with van der Waals surface area (Å²) in [4.78, 5) is 0. The number of aliphatic hydroxyl groups excluding tert-OH is 1. The van der Waals surface area contributed by atoms with Gasteiger partial charge >= 0.3 is 0 Å². The second-order valence-electron chi connectivity index (χ2n) is 2.55. The lowest BCUT2D eigenvalue weighted by Gasteiger charge is -2.15. The quantitative estimate of drug-likeness (QED) is 0.553. The smallest absolute Gasteiger partial charge is 0.212 e. The van der Waals surface area contributed by atoms with Crippen molar-refractivity contribution in [2.75, 3.05) is 5.75 Å². The molecule has 4 nitrogen and oxygen atoms in total. The Bertz CT molecular complexity index is 263. The lowest BCUT2D eigenvalue weighted by Crippen LogP contribution is -2.67. The number of halogens is 2. The summed E-state index contributed by atoms with van der Waals surface area (Å²) >= 11 is 5.82. The molecule has 1 heterocycles. The van der Waals surface area contributed by atoms with Crippen LogP contribution in [-0.2, 0) is 9.84 Å². The van der Waals surface area contributed by atoms with Crippen molar-refractivity contribution < 1.29 is 19.3 Å². The van der Waals surface area contributed by atoms with Gasteiger partial charge in [-0.1, -0.05) is 31.9 Å². The minimum Gasteiger partial charge on any atom is -0.383 e. The summed E-state index contributed by atoms with van der Waals surface area (Å²) in [6.45, 7) is 0. The van der Waals surface area contributed by atoms with Crippen molar-refractivity contribution in [3.05, 3.63) is 0 Å². The first-order valence-electron chi connectivity index (χ1n) is 2.90. The van der Waals surface area contributed by atoms with Crippen molar-refractivity contribution in [2.45, 2.75) is 14.7 Å². The number of hydrogen-bond acceptors (Lipinski definition) is 3. The van der Waals surface area contributed by atoms with Gasteiger partial charge in [-0.2, -0.15) is 0 Å². The van der Waals surface area contributed by atoms with E-state index in [0.717, 1.165) is 0 Å². The highest BCUT2D eigenvalue weighted by atomic mass is 79.9. The van der Waals surface area contributed by atoms with Crippen LogP contribution in [0.25, 0.3) is 0 Å². The van der Waals surface area contributed by atoms with Crippen LogP contribution in [0, 0.1) is 0 Å². The average Bonchev–Trinajstić information content (AvgIpc) is 1.93. The summed E-state index contributed by atoms with van der Waals surface area (Å²) in [6, 6.07) is -0.473. The molecule has 66 valence electrons. The summed E-state index contributed by atoms with van der Waals surface area (Å²) in [5, 5.41) is 9.33. The van der Waals surface area contributed by atoms with Gasteiger partial charge in [-0.05, 0) is 0 Å². The van der Waals surface area contributed by atoms with Gasteiger partial charge in [-0.15, -0.1) is 0 Å². The van der Waals surface area contributed by atoms with E-state index >= 15 is 0 Å². The fourth-order valence-corrected chi connectivity index (χ4v) is 4.01. The van der Waals surface area contributed by atoms with E-state index < -0.39 is 24.5 Å². The molecule has 7 heteroatoms. The van der Waals surface area contributed by atoms with Crippen molar-refractivity contribution in [3.63, 3.8) is 0 Å². The number of aliphatic hydroxyl groups is 1. The summed E-state index contributed by atoms with van der Waals surface area (Å²) in [7, 11) is -3.30. The average molecular weight is 310 g/mol. The number of rotatable bonds is 0. The molecular weight excluding hydrogens is 302 g/mol. The third kappa shape index (κ3) is 1.37. The molecule has 1 aliphatic heterocycles. The largest absolute Gasteiger partial charge is 0.383 e. The Balaban J connectivity index is 3.12. The summed E-state index contributed by atoms with van der Waals surface area (Å²) in [5.41, 5.74) is 3.52. The van der Waals surface area contributed by atoms with Crippen molar-refractivity contribution in [1.29, 1.82) is 0 Å². The van der Waals surface area contributed by atoms with Crippen LogP contribution in [0.5, 0.6) is 0 Å². The van der Waals surface area contributed by atoms with Gasteiger partial charge in [0, 0.05) is 0 Å². The van der Waals surface area contributed by atoms with E-state index in [1.54, 1.807) is 0 Å². The Morgan fingerprint density at radius 3 is 2.09 bits per heavy atom. The maximum Gasteiger partial charge on any atom is 0.212 e. The lowest BCUT2D eigenvalue weighted by molar-refractivity contribution is -0.426. The molecule has 1 aliphatic rings. The van der Waals surface area contributed by atoms with Crippen LogP contribution in [-0.4, -0.2) is 34.0 Å². The molecule has 1 saturated heterocycles. The zero-order chi connectivity index (χ0) is 8.86. The van der Waals surface area contributed by atoms with Gasteiger partial charge in [0.25, 0.3) is 0 Å². The lowest BCUT2D eigenvalue weighted by atomic mass is 10.2. The van der Waals surface area contributed by atoms with E-state index in [2.05, 4.69) is 37.6 Å². The van der Waals surface area contributed by atoms with Crippen LogP contribution in [0.1, 0.15) is 0 Å². The van der Waals surface area contributed by atoms with Crippen LogP contribution in [0.3, 0.4) is 0 Å². The molecule has 0 aliphatic carbocycles. The maximum absolute atomic E-state index is 11.2. The Labute approximate surface area is 81.3 Å². The number of sulfone groups is 1. The molecule has 0 saturated carbocycles. The van der Waals surface area contributed by atoms with Gasteiger partial charge < -0.3 is 10.8 Å².